The van der Waals surface area contributed by atoms with Crippen LogP contribution in [0.5, 0.6) is 0 Å². The highest BCUT2D eigenvalue weighted by molar-refractivity contribution is 9.11. The average Bonchev–Trinajstić information content (AvgIpc) is 2.80. The molecular weight excluding hydrogens is 274 g/mol. The van der Waals surface area contributed by atoms with Gasteiger partial charge >= 0.3 is 0 Å². The fraction of sp³-hybridized carbons (Fsp3) is 0.636. The van der Waals surface area contributed by atoms with E-state index in [0.29, 0.717) is 12.0 Å². The Morgan fingerprint density at radius 3 is 2.93 bits per heavy atom. The lowest BCUT2D eigenvalue weighted by Gasteiger charge is -2.20. The van der Waals surface area contributed by atoms with Crippen molar-refractivity contribution in [2.75, 3.05) is 20.3 Å². The molecule has 4 heteroatoms. The molecule has 0 radical (unpaired) electrons. The third kappa shape index (κ3) is 2.44. The molecule has 0 bridgehead atoms. The molecule has 0 aliphatic carbocycles. The van der Waals surface area contributed by atoms with Crippen molar-refractivity contribution in [3.8, 4) is 0 Å². The van der Waals surface area contributed by atoms with Crippen LogP contribution in [0.25, 0.3) is 0 Å². The summed E-state index contributed by atoms with van der Waals surface area (Å²) in [6.07, 6.45) is 1.17. The van der Waals surface area contributed by atoms with Gasteiger partial charge in [0.25, 0.3) is 0 Å². The van der Waals surface area contributed by atoms with Crippen LogP contribution in [-0.4, -0.2) is 20.3 Å². The maximum atomic E-state index is 5.45. The van der Waals surface area contributed by atoms with Crippen molar-refractivity contribution < 1.29 is 4.74 Å². The lowest BCUT2D eigenvalue weighted by Crippen LogP contribution is -2.24. The first-order valence-electron chi connectivity index (χ1n) is 5.23. The molecule has 0 aromatic carbocycles. The maximum Gasteiger partial charge on any atom is 0.0731 e. The first-order valence-corrected chi connectivity index (χ1v) is 6.84. The Hall–Kier alpha value is 0.1000. The summed E-state index contributed by atoms with van der Waals surface area (Å²) in [6.45, 7) is 3.94. The third-order valence-electron chi connectivity index (χ3n) is 2.93. The number of halogens is 1. The Bertz CT molecular complexity index is 314. The van der Waals surface area contributed by atoms with Crippen LogP contribution in [0.15, 0.2) is 9.85 Å². The molecule has 2 unspecified atom stereocenters. The van der Waals surface area contributed by atoms with E-state index in [0.717, 1.165) is 13.2 Å². The molecule has 15 heavy (non-hydrogen) atoms. The van der Waals surface area contributed by atoms with Crippen LogP contribution in [0, 0.1) is 12.8 Å². The highest BCUT2D eigenvalue weighted by atomic mass is 79.9. The molecule has 84 valence electrons. The van der Waals surface area contributed by atoms with E-state index in [1.807, 2.05) is 18.4 Å². The minimum Gasteiger partial charge on any atom is -0.381 e. The van der Waals surface area contributed by atoms with Gasteiger partial charge in [0.1, 0.15) is 0 Å². The van der Waals surface area contributed by atoms with Crippen molar-refractivity contribution in [2.24, 2.45) is 5.92 Å². The van der Waals surface area contributed by atoms with E-state index in [9.17, 15) is 0 Å². The minimum absolute atomic E-state index is 0.447. The summed E-state index contributed by atoms with van der Waals surface area (Å²) in [5.41, 5.74) is 1.33. The topological polar surface area (TPSA) is 21.3 Å². The van der Waals surface area contributed by atoms with Crippen LogP contribution < -0.4 is 5.32 Å². The zero-order chi connectivity index (χ0) is 10.8. The second kappa shape index (κ2) is 4.95. The van der Waals surface area contributed by atoms with Gasteiger partial charge in [0, 0.05) is 23.4 Å². The van der Waals surface area contributed by atoms with E-state index in [2.05, 4.69) is 34.2 Å². The molecule has 0 spiro atoms. The standard InChI is InChI=1S/C11H16BrNOS/c1-7-5-9(15-11(7)12)10(13-2)8-3-4-14-6-8/h5,8,10,13H,3-4,6H2,1-2H3. The molecule has 1 aliphatic rings. The number of thiophene rings is 1. The van der Waals surface area contributed by atoms with E-state index < -0.39 is 0 Å². The van der Waals surface area contributed by atoms with E-state index in [4.69, 9.17) is 4.74 Å². The number of nitrogens with one attached hydrogen (secondary N) is 1. The fourth-order valence-corrected chi connectivity index (χ4v) is 3.84. The lowest BCUT2D eigenvalue weighted by molar-refractivity contribution is 0.178. The largest absolute Gasteiger partial charge is 0.381 e. The number of hydrogen-bond acceptors (Lipinski definition) is 3. The van der Waals surface area contributed by atoms with Crippen molar-refractivity contribution in [3.63, 3.8) is 0 Å². The molecule has 2 heterocycles. The molecule has 1 N–H and O–H groups in total. The lowest BCUT2D eigenvalue weighted by atomic mass is 9.97. The molecule has 1 saturated heterocycles. The predicted octanol–water partition coefficient (Wildman–Crippen LogP) is 3.12. The number of rotatable bonds is 3. The van der Waals surface area contributed by atoms with Crippen LogP contribution >= 0.6 is 27.3 Å². The van der Waals surface area contributed by atoms with E-state index in [1.165, 1.54) is 20.6 Å². The number of aryl methyl sites for hydroxylation is 1. The van der Waals surface area contributed by atoms with Crippen molar-refractivity contribution in [2.45, 2.75) is 19.4 Å². The van der Waals surface area contributed by atoms with Crippen LogP contribution in [-0.2, 0) is 4.74 Å². The maximum absolute atomic E-state index is 5.45. The minimum atomic E-state index is 0.447. The van der Waals surface area contributed by atoms with Gasteiger partial charge in [-0.15, -0.1) is 11.3 Å². The van der Waals surface area contributed by atoms with Gasteiger partial charge in [-0.25, -0.2) is 0 Å². The van der Waals surface area contributed by atoms with Crippen molar-refractivity contribution in [1.29, 1.82) is 0 Å². The molecular formula is C11H16BrNOS. The summed E-state index contributed by atoms with van der Waals surface area (Å²) in [5, 5.41) is 3.41. The summed E-state index contributed by atoms with van der Waals surface area (Å²) in [4.78, 5) is 1.41. The zero-order valence-corrected chi connectivity index (χ0v) is 11.5. The van der Waals surface area contributed by atoms with E-state index in [-0.39, 0.29) is 0 Å². The van der Waals surface area contributed by atoms with Gasteiger partial charge in [0.15, 0.2) is 0 Å². The van der Waals surface area contributed by atoms with E-state index >= 15 is 0 Å². The Balaban J connectivity index is 2.18. The molecule has 1 aromatic heterocycles. The van der Waals surface area contributed by atoms with Crippen molar-refractivity contribution in [1.82, 2.24) is 5.32 Å². The molecule has 0 saturated carbocycles. The van der Waals surface area contributed by atoms with Gasteiger partial charge in [0.2, 0.25) is 0 Å². The monoisotopic (exact) mass is 289 g/mol. The summed E-state index contributed by atoms with van der Waals surface area (Å²) >= 11 is 5.41. The zero-order valence-electron chi connectivity index (χ0n) is 9.05. The van der Waals surface area contributed by atoms with Gasteiger partial charge < -0.3 is 10.1 Å². The molecule has 2 nitrogen and oxygen atoms in total. The van der Waals surface area contributed by atoms with Gasteiger partial charge in [0.05, 0.1) is 10.4 Å². The summed E-state index contributed by atoms with van der Waals surface area (Å²) in [7, 11) is 2.03. The molecule has 2 atom stereocenters. The van der Waals surface area contributed by atoms with E-state index in [1.54, 1.807) is 0 Å². The summed E-state index contributed by atoms with van der Waals surface area (Å²) < 4.78 is 6.70. The van der Waals surface area contributed by atoms with Gasteiger partial charge in [-0.05, 0) is 48.0 Å². The molecule has 1 aromatic rings. The fourth-order valence-electron chi connectivity index (χ4n) is 2.06. The van der Waals surface area contributed by atoms with Crippen LogP contribution in [0.3, 0.4) is 0 Å². The Kier molecular flexibility index (Phi) is 3.83. The highest BCUT2D eigenvalue weighted by Gasteiger charge is 2.27. The smallest absolute Gasteiger partial charge is 0.0731 e. The SMILES string of the molecule is CNC(c1cc(C)c(Br)s1)C1CCOC1. The van der Waals surface area contributed by atoms with Crippen molar-refractivity contribution in [3.05, 3.63) is 20.3 Å². The predicted molar refractivity (Wildman–Crippen MR) is 67.5 cm³/mol. The Morgan fingerprint density at radius 2 is 2.47 bits per heavy atom. The van der Waals surface area contributed by atoms with Gasteiger partial charge in [-0.3, -0.25) is 0 Å². The normalized spacial score (nSPS) is 23.3. The second-order valence-corrected chi connectivity index (χ2v) is 6.40. The summed E-state index contributed by atoms with van der Waals surface area (Å²) in [5.74, 6) is 0.625. The third-order valence-corrected chi connectivity index (χ3v) is 5.15. The van der Waals surface area contributed by atoms with Crippen LogP contribution in [0.2, 0.25) is 0 Å². The summed E-state index contributed by atoms with van der Waals surface area (Å²) in [6, 6.07) is 2.72. The number of hydrogen-bond donors (Lipinski definition) is 1. The number of ether oxygens (including phenoxy) is 1. The Morgan fingerprint density at radius 1 is 1.67 bits per heavy atom. The first-order chi connectivity index (χ1) is 7.22. The van der Waals surface area contributed by atoms with Gasteiger partial charge in [-0.2, -0.15) is 0 Å². The second-order valence-electron chi connectivity index (χ2n) is 4.00. The Labute approximate surface area is 103 Å². The van der Waals surface area contributed by atoms with Gasteiger partial charge in [-0.1, -0.05) is 0 Å². The molecule has 1 fully saturated rings. The molecule has 2 rings (SSSR count). The van der Waals surface area contributed by atoms with Crippen LogP contribution in [0.4, 0.5) is 0 Å². The van der Waals surface area contributed by atoms with Crippen LogP contribution in [0.1, 0.15) is 22.9 Å². The molecule has 1 aliphatic heterocycles. The van der Waals surface area contributed by atoms with Crippen molar-refractivity contribution >= 4 is 27.3 Å². The first kappa shape index (κ1) is 11.6. The highest BCUT2D eigenvalue weighted by Crippen LogP contribution is 2.36. The quantitative estimate of drug-likeness (QED) is 0.923. The average molecular weight is 290 g/mol. The molecule has 0 amide bonds.